The van der Waals surface area contributed by atoms with E-state index in [-0.39, 0.29) is 16.9 Å². The average molecular weight is 644 g/mol. The number of nitrogens with one attached hydrogen (secondary N) is 3. The maximum absolute atomic E-state index is 13.4. The van der Waals surface area contributed by atoms with E-state index in [2.05, 4.69) is 16.0 Å². The number of methoxy groups -OCH3 is 1. The number of carbonyl (C=O) groups is 3. The molecule has 8 nitrogen and oxygen atoms in total. The summed E-state index contributed by atoms with van der Waals surface area (Å²) in [4.78, 5) is 40.1. The zero-order chi connectivity index (χ0) is 33.0. The van der Waals surface area contributed by atoms with Gasteiger partial charge in [0.05, 0.1) is 12.4 Å². The van der Waals surface area contributed by atoms with E-state index in [1.54, 1.807) is 92.0 Å². The van der Waals surface area contributed by atoms with E-state index in [0.29, 0.717) is 34.0 Å². The zero-order valence-corrected chi connectivity index (χ0v) is 26.6. The molecule has 0 radical (unpaired) electrons. The Hall–Kier alpha value is -5.80. The molecule has 3 N–H and O–H groups in total. The lowest BCUT2D eigenvalue weighted by Gasteiger charge is -2.14. The van der Waals surface area contributed by atoms with Gasteiger partial charge in [-0.2, -0.15) is 0 Å². The Morgan fingerprint density at radius 2 is 1.28 bits per heavy atom. The first-order valence-electron chi connectivity index (χ1n) is 14.8. The Bertz CT molecular complexity index is 1840. The van der Waals surface area contributed by atoms with Gasteiger partial charge in [-0.1, -0.05) is 48.5 Å². The third-order valence-corrected chi connectivity index (χ3v) is 7.94. The Balaban J connectivity index is 1.19. The van der Waals surface area contributed by atoms with Crippen molar-refractivity contribution in [2.75, 3.05) is 17.7 Å². The standard InChI is InChI=1S/C38H33N3O5S/c1-26(36(42)39-29-16-20-32(21-17-29)46-31-13-7-4-8-14-31)47-34-22-18-30(19-23-34)40-38(44)35(25-27-10-9-15-33(24-27)45-2)41-37(43)28-11-5-3-6-12-28/h3-26H,1-2H3,(H,39,42)(H,40,44)(H,41,43)/b35-25-. The van der Waals surface area contributed by atoms with Gasteiger partial charge in [0.2, 0.25) is 5.91 Å². The molecule has 5 aromatic rings. The molecule has 0 aromatic heterocycles. The summed E-state index contributed by atoms with van der Waals surface area (Å²) in [5.41, 5.74) is 2.36. The lowest BCUT2D eigenvalue weighted by molar-refractivity contribution is -0.115. The van der Waals surface area contributed by atoms with Crippen LogP contribution < -0.4 is 25.4 Å². The van der Waals surface area contributed by atoms with Crippen LogP contribution in [-0.2, 0) is 9.59 Å². The summed E-state index contributed by atoms with van der Waals surface area (Å²) < 4.78 is 11.1. The number of thioether (sulfide) groups is 1. The van der Waals surface area contributed by atoms with E-state index in [0.717, 1.165) is 10.6 Å². The molecule has 0 fully saturated rings. The van der Waals surface area contributed by atoms with Crippen molar-refractivity contribution in [1.82, 2.24) is 5.32 Å². The molecule has 0 spiro atoms. The molecule has 236 valence electrons. The fourth-order valence-corrected chi connectivity index (χ4v) is 5.26. The molecule has 3 amide bonds. The van der Waals surface area contributed by atoms with Crippen molar-refractivity contribution < 1.29 is 23.9 Å². The second-order valence-electron chi connectivity index (χ2n) is 10.3. The van der Waals surface area contributed by atoms with Gasteiger partial charge in [0.25, 0.3) is 11.8 Å². The normalized spacial score (nSPS) is 11.6. The van der Waals surface area contributed by atoms with Crippen molar-refractivity contribution in [3.63, 3.8) is 0 Å². The average Bonchev–Trinajstić information content (AvgIpc) is 3.10. The Kier molecular flexibility index (Phi) is 11.1. The van der Waals surface area contributed by atoms with Crippen LogP contribution in [0.4, 0.5) is 11.4 Å². The minimum absolute atomic E-state index is 0.0653. The van der Waals surface area contributed by atoms with E-state index in [9.17, 15) is 14.4 Å². The number of carbonyl (C=O) groups excluding carboxylic acids is 3. The number of ether oxygens (including phenoxy) is 2. The van der Waals surface area contributed by atoms with Crippen molar-refractivity contribution in [3.8, 4) is 17.2 Å². The first kappa shape index (κ1) is 32.6. The molecule has 0 aliphatic heterocycles. The minimum atomic E-state index is -0.495. The summed E-state index contributed by atoms with van der Waals surface area (Å²) in [6.07, 6.45) is 1.59. The number of hydrogen-bond donors (Lipinski definition) is 3. The highest BCUT2D eigenvalue weighted by Crippen LogP contribution is 2.27. The second-order valence-corrected chi connectivity index (χ2v) is 11.7. The Morgan fingerprint density at radius 1 is 0.681 bits per heavy atom. The predicted molar refractivity (Wildman–Crippen MR) is 187 cm³/mol. The highest BCUT2D eigenvalue weighted by Gasteiger charge is 2.17. The topological polar surface area (TPSA) is 106 Å². The number of para-hydroxylation sites is 1. The first-order valence-corrected chi connectivity index (χ1v) is 15.7. The molecule has 0 aliphatic carbocycles. The number of hydrogen-bond acceptors (Lipinski definition) is 6. The Labute approximate surface area is 277 Å². The van der Waals surface area contributed by atoms with Crippen LogP contribution in [0.1, 0.15) is 22.8 Å². The van der Waals surface area contributed by atoms with E-state index >= 15 is 0 Å². The van der Waals surface area contributed by atoms with E-state index in [1.165, 1.54) is 11.8 Å². The van der Waals surface area contributed by atoms with Crippen molar-refractivity contribution >= 4 is 46.9 Å². The summed E-state index contributed by atoms with van der Waals surface area (Å²) in [5.74, 6) is 0.974. The molecule has 0 bridgehead atoms. The maximum Gasteiger partial charge on any atom is 0.272 e. The van der Waals surface area contributed by atoms with Gasteiger partial charge in [-0.3, -0.25) is 14.4 Å². The number of benzene rings is 5. The van der Waals surface area contributed by atoms with Gasteiger partial charge in [0, 0.05) is 21.8 Å². The predicted octanol–water partition coefficient (Wildman–Crippen LogP) is 8.02. The van der Waals surface area contributed by atoms with Crippen molar-refractivity contribution in [2.24, 2.45) is 0 Å². The largest absolute Gasteiger partial charge is 0.497 e. The maximum atomic E-state index is 13.4. The molecule has 0 aliphatic rings. The van der Waals surface area contributed by atoms with Crippen LogP contribution >= 0.6 is 11.8 Å². The number of amides is 3. The van der Waals surface area contributed by atoms with Crippen LogP contribution in [0.3, 0.4) is 0 Å². The lowest BCUT2D eigenvalue weighted by atomic mass is 10.1. The Morgan fingerprint density at radius 3 is 1.96 bits per heavy atom. The van der Waals surface area contributed by atoms with Crippen LogP contribution in [0.5, 0.6) is 17.2 Å². The highest BCUT2D eigenvalue weighted by atomic mass is 32.2. The highest BCUT2D eigenvalue weighted by molar-refractivity contribution is 8.00. The molecule has 47 heavy (non-hydrogen) atoms. The molecule has 0 heterocycles. The summed E-state index contributed by atoms with van der Waals surface area (Å²) >= 11 is 1.39. The second kappa shape index (κ2) is 16.0. The zero-order valence-electron chi connectivity index (χ0n) is 25.8. The summed E-state index contributed by atoms with van der Waals surface area (Å²) in [5, 5.41) is 8.14. The number of rotatable bonds is 12. The monoisotopic (exact) mass is 643 g/mol. The van der Waals surface area contributed by atoms with E-state index in [4.69, 9.17) is 9.47 Å². The van der Waals surface area contributed by atoms with Gasteiger partial charge in [-0.05, 0) is 103 Å². The minimum Gasteiger partial charge on any atom is -0.497 e. The summed E-state index contributed by atoms with van der Waals surface area (Å²) in [7, 11) is 1.56. The SMILES string of the molecule is COc1cccc(/C=C(\NC(=O)c2ccccc2)C(=O)Nc2ccc(SC(C)C(=O)Nc3ccc(Oc4ccccc4)cc3)cc2)c1. The van der Waals surface area contributed by atoms with Crippen LogP contribution in [0.25, 0.3) is 6.08 Å². The van der Waals surface area contributed by atoms with Crippen LogP contribution in [0.2, 0.25) is 0 Å². The molecule has 0 saturated heterocycles. The molecule has 5 rings (SSSR count). The molecular weight excluding hydrogens is 611 g/mol. The fourth-order valence-electron chi connectivity index (χ4n) is 4.39. The van der Waals surface area contributed by atoms with Gasteiger partial charge in [-0.15, -0.1) is 11.8 Å². The van der Waals surface area contributed by atoms with Crippen LogP contribution in [0, 0.1) is 0 Å². The van der Waals surface area contributed by atoms with Crippen LogP contribution in [-0.4, -0.2) is 30.1 Å². The third-order valence-electron chi connectivity index (χ3n) is 6.83. The molecule has 1 atom stereocenters. The number of anilines is 2. The quantitative estimate of drug-likeness (QED) is 0.0940. The fraction of sp³-hybridized carbons (Fsp3) is 0.0789. The van der Waals surface area contributed by atoms with Gasteiger partial charge in [0.1, 0.15) is 22.9 Å². The molecule has 0 saturated carbocycles. The van der Waals surface area contributed by atoms with E-state index in [1.807, 2.05) is 61.5 Å². The van der Waals surface area contributed by atoms with Gasteiger partial charge >= 0.3 is 0 Å². The summed E-state index contributed by atoms with van der Waals surface area (Å²) in [6.45, 7) is 1.83. The van der Waals surface area contributed by atoms with Crippen molar-refractivity contribution in [1.29, 1.82) is 0 Å². The van der Waals surface area contributed by atoms with Gasteiger partial charge in [0.15, 0.2) is 0 Å². The summed E-state index contributed by atoms with van der Waals surface area (Å²) in [6, 6.07) is 39.7. The molecule has 9 heteroatoms. The van der Waals surface area contributed by atoms with Gasteiger partial charge in [-0.25, -0.2) is 0 Å². The molecular formula is C38H33N3O5S. The smallest absolute Gasteiger partial charge is 0.272 e. The van der Waals surface area contributed by atoms with E-state index < -0.39 is 11.8 Å². The van der Waals surface area contributed by atoms with Crippen molar-refractivity contribution in [2.45, 2.75) is 17.1 Å². The van der Waals surface area contributed by atoms with Crippen LogP contribution in [0.15, 0.2) is 144 Å². The molecule has 5 aromatic carbocycles. The molecule has 1 unspecified atom stereocenters. The van der Waals surface area contributed by atoms with Gasteiger partial charge < -0.3 is 25.4 Å². The lowest BCUT2D eigenvalue weighted by Crippen LogP contribution is -2.30. The third kappa shape index (κ3) is 9.59. The van der Waals surface area contributed by atoms with Crippen molar-refractivity contribution in [3.05, 3.63) is 150 Å². The first-order chi connectivity index (χ1) is 22.9.